The van der Waals surface area contributed by atoms with E-state index in [1.54, 1.807) is 19.1 Å². The highest BCUT2D eigenvalue weighted by atomic mass is 16.5. The molecule has 0 saturated carbocycles. The highest BCUT2D eigenvalue weighted by Gasteiger charge is 2.27. The lowest BCUT2D eigenvalue weighted by Crippen LogP contribution is -2.46. The smallest absolute Gasteiger partial charge is 0.328 e. The predicted octanol–water partition coefficient (Wildman–Crippen LogP) is 2.64. The third-order valence-electron chi connectivity index (χ3n) is 4.20. The van der Waals surface area contributed by atoms with Crippen LogP contribution in [0.25, 0.3) is 10.9 Å². The largest absolute Gasteiger partial charge is 0.464 e. The number of ether oxygens (including phenoxy) is 1. The number of fused-ring (bicyclic) bond motifs is 1. The van der Waals surface area contributed by atoms with Crippen molar-refractivity contribution in [1.29, 1.82) is 0 Å². The molecule has 0 aliphatic rings. The predicted molar refractivity (Wildman–Crippen MR) is 101 cm³/mol. The van der Waals surface area contributed by atoms with Gasteiger partial charge in [0.25, 0.3) is 11.7 Å². The summed E-state index contributed by atoms with van der Waals surface area (Å²) in [5.74, 6) is -2.11. The zero-order valence-electron chi connectivity index (χ0n) is 14.9. The Hall–Kier alpha value is -3.41. The van der Waals surface area contributed by atoms with Crippen molar-refractivity contribution in [2.75, 3.05) is 6.61 Å². The second kappa shape index (κ2) is 8.31. The molecule has 0 fully saturated rings. The molecular weight excluding hydrogens is 344 g/mol. The van der Waals surface area contributed by atoms with E-state index < -0.39 is 23.7 Å². The van der Waals surface area contributed by atoms with E-state index in [1.165, 1.54) is 6.20 Å². The van der Waals surface area contributed by atoms with Gasteiger partial charge < -0.3 is 15.0 Å². The van der Waals surface area contributed by atoms with Crippen molar-refractivity contribution < 1.29 is 19.1 Å². The summed E-state index contributed by atoms with van der Waals surface area (Å²) in [6.07, 6.45) is 1.75. The number of hydrogen-bond acceptors (Lipinski definition) is 4. The Morgan fingerprint density at radius 1 is 1.04 bits per heavy atom. The summed E-state index contributed by atoms with van der Waals surface area (Å²) in [5.41, 5.74) is 1.89. The third kappa shape index (κ3) is 4.23. The number of aromatic nitrogens is 1. The van der Waals surface area contributed by atoms with Crippen LogP contribution in [0.15, 0.2) is 60.8 Å². The van der Waals surface area contributed by atoms with Crippen molar-refractivity contribution in [3.8, 4) is 0 Å². The molecule has 6 nitrogen and oxygen atoms in total. The van der Waals surface area contributed by atoms with Gasteiger partial charge in [0.2, 0.25) is 0 Å². The fraction of sp³-hybridized carbons (Fsp3) is 0.190. The van der Waals surface area contributed by atoms with Crippen molar-refractivity contribution in [1.82, 2.24) is 10.3 Å². The number of nitrogens with one attached hydrogen (secondary N) is 2. The van der Waals surface area contributed by atoms with Crippen LogP contribution in [0.4, 0.5) is 0 Å². The van der Waals surface area contributed by atoms with E-state index in [9.17, 15) is 14.4 Å². The molecule has 0 spiro atoms. The molecule has 6 heteroatoms. The van der Waals surface area contributed by atoms with E-state index in [0.717, 1.165) is 11.1 Å². The maximum Gasteiger partial charge on any atom is 0.328 e. The number of Topliss-reactive ketones (excluding diaryl/α,β-unsaturated/α-hetero) is 1. The normalized spacial score (nSPS) is 11.7. The van der Waals surface area contributed by atoms with Gasteiger partial charge in [0.05, 0.1) is 12.2 Å². The minimum Gasteiger partial charge on any atom is -0.464 e. The van der Waals surface area contributed by atoms with Gasteiger partial charge in [-0.15, -0.1) is 0 Å². The Kier molecular flexibility index (Phi) is 5.66. The number of hydrogen-bond donors (Lipinski definition) is 2. The van der Waals surface area contributed by atoms with Gasteiger partial charge in [-0.05, 0) is 18.6 Å². The molecule has 0 unspecified atom stereocenters. The summed E-state index contributed by atoms with van der Waals surface area (Å²) in [6.45, 7) is 1.88. The number of aromatic amines is 1. The average molecular weight is 364 g/mol. The molecule has 3 rings (SSSR count). The molecule has 0 aliphatic carbocycles. The highest BCUT2D eigenvalue weighted by molar-refractivity contribution is 6.45. The Balaban J connectivity index is 1.78. The second-order valence-electron chi connectivity index (χ2n) is 6.04. The zero-order valence-corrected chi connectivity index (χ0v) is 14.9. The lowest BCUT2D eigenvalue weighted by Gasteiger charge is -2.17. The minimum absolute atomic E-state index is 0.191. The Labute approximate surface area is 156 Å². The molecule has 2 aromatic carbocycles. The summed E-state index contributed by atoms with van der Waals surface area (Å²) < 4.78 is 5.05. The SMILES string of the molecule is CCOC(=O)[C@H](Cc1ccccc1)NC(=O)C(=O)c1c[nH]c2ccccc12. The van der Waals surface area contributed by atoms with Gasteiger partial charge >= 0.3 is 5.97 Å². The van der Waals surface area contributed by atoms with Gasteiger partial charge in [0.15, 0.2) is 0 Å². The number of carbonyl (C=O) groups is 3. The maximum atomic E-state index is 12.6. The lowest BCUT2D eigenvalue weighted by atomic mass is 10.0. The van der Waals surface area contributed by atoms with E-state index in [4.69, 9.17) is 4.74 Å². The number of esters is 1. The number of amides is 1. The van der Waals surface area contributed by atoms with Crippen molar-refractivity contribution in [3.05, 3.63) is 71.9 Å². The average Bonchev–Trinajstić information content (AvgIpc) is 3.12. The minimum atomic E-state index is -0.936. The Morgan fingerprint density at radius 2 is 1.74 bits per heavy atom. The molecule has 1 aromatic heterocycles. The van der Waals surface area contributed by atoms with Crippen LogP contribution in [0.5, 0.6) is 0 Å². The van der Waals surface area contributed by atoms with Crippen LogP contribution >= 0.6 is 0 Å². The molecule has 3 aromatic rings. The number of para-hydroxylation sites is 1. The molecule has 2 N–H and O–H groups in total. The summed E-state index contributed by atoms with van der Waals surface area (Å²) in [7, 11) is 0. The molecule has 0 aliphatic heterocycles. The fourth-order valence-electron chi connectivity index (χ4n) is 2.89. The summed E-state index contributed by atoms with van der Waals surface area (Å²) in [5, 5.41) is 3.19. The molecule has 0 saturated heterocycles. The molecule has 1 atom stereocenters. The van der Waals surface area contributed by atoms with Crippen molar-refractivity contribution in [2.45, 2.75) is 19.4 Å². The fourth-order valence-corrected chi connectivity index (χ4v) is 2.89. The molecule has 0 radical (unpaired) electrons. The number of carbonyl (C=O) groups excluding carboxylic acids is 3. The molecule has 1 amide bonds. The molecule has 1 heterocycles. The van der Waals surface area contributed by atoms with Crippen LogP contribution < -0.4 is 5.32 Å². The van der Waals surface area contributed by atoms with Crippen molar-refractivity contribution in [2.24, 2.45) is 0 Å². The van der Waals surface area contributed by atoms with E-state index >= 15 is 0 Å². The van der Waals surface area contributed by atoms with Crippen LogP contribution in [0.1, 0.15) is 22.8 Å². The van der Waals surface area contributed by atoms with Gasteiger partial charge in [0.1, 0.15) is 6.04 Å². The first kappa shape index (κ1) is 18.4. The summed E-state index contributed by atoms with van der Waals surface area (Å²) in [4.78, 5) is 40.3. The highest BCUT2D eigenvalue weighted by Crippen LogP contribution is 2.18. The number of rotatable bonds is 7. The van der Waals surface area contributed by atoms with Gasteiger partial charge in [-0.25, -0.2) is 4.79 Å². The summed E-state index contributed by atoms with van der Waals surface area (Å²) >= 11 is 0. The van der Waals surface area contributed by atoms with Crippen LogP contribution in [0.2, 0.25) is 0 Å². The lowest BCUT2D eigenvalue weighted by molar-refractivity contribution is -0.146. The van der Waals surface area contributed by atoms with Crippen LogP contribution in [-0.4, -0.2) is 35.3 Å². The van der Waals surface area contributed by atoms with Gasteiger partial charge in [-0.3, -0.25) is 9.59 Å². The topological polar surface area (TPSA) is 88.3 Å². The van der Waals surface area contributed by atoms with E-state index in [0.29, 0.717) is 5.39 Å². The molecule has 138 valence electrons. The molecule has 27 heavy (non-hydrogen) atoms. The van der Waals surface area contributed by atoms with Gasteiger partial charge in [0, 0.05) is 23.5 Å². The van der Waals surface area contributed by atoms with Crippen molar-refractivity contribution >= 4 is 28.6 Å². The first-order valence-corrected chi connectivity index (χ1v) is 8.72. The number of H-pyrrole nitrogens is 1. The Morgan fingerprint density at radius 3 is 2.48 bits per heavy atom. The molecular formula is C21H20N2O4. The summed E-state index contributed by atoms with van der Waals surface area (Å²) in [6, 6.07) is 15.5. The second-order valence-corrected chi connectivity index (χ2v) is 6.04. The van der Waals surface area contributed by atoms with E-state index in [1.807, 2.05) is 42.5 Å². The van der Waals surface area contributed by atoms with Crippen molar-refractivity contribution in [3.63, 3.8) is 0 Å². The third-order valence-corrected chi connectivity index (χ3v) is 4.20. The Bertz CT molecular complexity index is 962. The van der Waals surface area contributed by atoms with Gasteiger partial charge in [-0.1, -0.05) is 48.5 Å². The first-order chi connectivity index (χ1) is 13.1. The van der Waals surface area contributed by atoms with Crippen LogP contribution in [0, 0.1) is 0 Å². The monoisotopic (exact) mass is 364 g/mol. The quantitative estimate of drug-likeness (QED) is 0.383. The molecule has 0 bridgehead atoms. The van der Waals surface area contributed by atoms with Crippen LogP contribution in [-0.2, 0) is 20.7 Å². The number of ketones is 1. The van der Waals surface area contributed by atoms with Crippen LogP contribution in [0.3, 0.4) is 0 Å². The van der Waals surface area contributed by atoms with E-state index in [-0.39, 0.29) is 18.6 Å². The standard InChI is InChI=1S/C21H20N2O4/c1-2-27-21(26)18(12-14-8-4-3-5-9-14)23-20(25)19(24)16-13-22-17-11-7-6-10-15(16)17/h3-11,13,18,22H,2,12H2,1H3,(H,23,25)/t18-/m0/s1. The van der Waals surface area contributed by atoms with Gasteiger partial charge in [-0.2, -0.15) is 0 Å². The van der Waals surface area contributed by atoms with E-state index in [2.05, 4.69) is 10.3 Å². The zero-order chi connectivity index (χ0) is 19.2. The first-order valence-electron chi connectivity index (χ1n) is 8.72. The number of benzene rings is 2. The maximum absolute atomic E-state index is 12.6.